The van der Waals surface area contributed by atoms with Crippen LogP contribution in [-0.4, -0.2) is 27.7 Å². The third-order valence-electron chi connectivity index (χ3n) is 5.21. The van der Waals surface area contributed by atoms with Crippen LogP contribution in [-0.2, 0) is 24.4 Å². The number of ether oxygens (including phenoxy) is 1. The Morgan fingerprint density at radius 2 is 2.03 bits per heavy atom. The number of fused-ring (bicyclic) bond motifs is 3. The van der Waals surface area contributed by atoms with E-state index < -0.39 is 0 Å². The molecule has 2 heterocycles. The van der Waals surface area contributed by atoms with Crippen LogP contribution in [0.15, 0.2) is 48.5 Å². The molecule has 6 heteroatoms. The smallest absolute Gasteiger partial charge is 0.152 e. The van der Waals surface area contributed by atoms with Gasteiger partial charge in [0.2, 0.25) is 0 Å². The van der Waals surface area contributed by atoms with Crippen molar-refractivity contribution in [1.29, 1.82) is 0 Å². The summed E-state index contributed by atoms with van der Waals surface area (Å²) in [5, 5.41) is 4.59. The van der Waals surface area contributed by atoms with Gasteiger partial charge in [0, 0.05) is 25.1 Å². The van der Waals surface area contributed by atoms with E-state index in [9.17, 15) is 0 Å². The molecule has 6 nitrogen and oxygen atoms in total. The standard InChI is InChI=1S/C24H28N5O/c1-2-30-17-21-28-22-23(19-12-6-7-13-20(19)27-24(22)25)29(21)15-9-8-14-26-16-18-10-4-3-5-11-18/h3-4,6-7,10-13,26H,2,8-9,14-17H2,1H3,(H2,25,27). The van der Waals surface area contributed by atoms with Gasteiger partial charge in [0.25, 0.3) is 0 Å². The first-order valence-corrected chi connectivity index (χ1v) is 10.5. The molecule has 0 bridgehead atoms. The summed E-state index contributed by atoms with van der Waals surface area (Å²) in [5.41, 5.74) is 10.2. The molecule has 0 aliphatic carbocycles. The van der Waals surface area contributed by atoms with E-state index in [4.69, 9.17) is 15.5 Å². The van der Waals surface area contributed by atoms with Crippen LogP contribution in [0.2, 0.25) is 0 Å². The third kappa shape index (κ3) is 4.45. The summed E-state index contributed by atoms with van der Waals surface area (Å²) in [6.45, 7) is 5.82. The summed E-state index contributed by atoms with van der Waals surface area (Å²) >= 11 is 0. The number of nitrogen functional groups attached to an aromatic ring is 1. The molecule has 0 aliphatic rings. The van der Waals surface area contributed by atoms with Gasteiger partial charge in [0.05, 0.1) is 11.0 Å². The first-order chi connectivity index (χ1) is 14.8. The highest BCUT2D eigenvalue weighted by atomic mass is 16.5. The maximum atomic E-state index is 6.24. The summed E-state index contributed by atoms with van der Waals surface area (Å²) in [6, 6.07) is 19.3. The lowest BCUT2D eigenvalue weighted by Crippen LogP contribution is -2.15. The molecule has 3 N–H and O–H groups in total. The average molecular weight is 403 g/mol. The number of nitrogens with one attached hydrogen (secondary N) is 1. The van der Waals surface area contributed by atoms with Gasteiger partial charge in [-0.15, -0.1) is 0 Å². The monoisotopic (exact) mass is 402 g/mol. The van der Waals surface area contributed by atoms with E-state index >= 15 is 0 Å². The maximum Gasteiger partial charge on any atom is 0.152 e. The number of para-hydroxylation sites is 1. The van der Waals surface area contributed by atoms with Gasteiger partial charge in [0.1, 0.15) is 17.9 Å². The number of nitrogens with two attached hydrogens (primary N) is 1. The molecule has 0 unspecified atom stereocenters. The Balaban J connectivity index is 1.49. The number of pyridine rings is 1. The molecule has 0 saturated heterocycles. The van der Waals surface area contributed by atoms with E-state index in [0.29, 0.717) is 19.0 Å². The molecule has 0 spiro atoms. The lowest BCUT2D eigenvalue weighted by Gasteiger charge is -2.11. The summed E-state index contributed by atoms with van der Waals surface area (Å²) in [4.78, 5) is 9.32. The van der Waals surface area contributed by atoms with E-state index in [1.54, 1.807) is 0 Å². The number of hydrogen-bond acceptors (Lipinski definition) is 5. The Morgan fingerprint density at radius 1 is 1.13 bits per heavy atom. The SMILES string of the molecule is CCOCc1nc2c(N)nc3ccccc3c2n1CCCCNCc1c[c]ccc1. The summed E-state index contributed by atoms with van der Waals surface area (Å²) in [6.07, 6.45) is 2.11. The predicted molar refractivity (Wildman–Crippen MR) is 121 cm³/mol. The van der Waals surface area contributed by atoms with Crippen LogP contribution in [0.3, 0.4) is 0 Å². The largest absolute Gasteiger partial charge is 0.382 e. The van der Waals surface area contributed by atoms with Gasteiger partial charge in [-0.1, -0.05) is 36.4 Å². The van der Waals surface area contributed by atoms with Crippen LogP contribution in [0.4, 0.5) is 5.82 Å². The van der Waals surface area contributed by atoms with Crippen LogP contribution in [0.25, 0.3) is 21.9 Å². The van der Waals surface area contributed by atoms with E-state index in [-0.39, 0.29) is 0 Å². The second kappa shape index (κ2) is 9.69. The normalized spacial score (nSPS) is 11.5. The fourth-order valence-electron chi connectivity index (χ4n) is 3.74. The first-order valence-electron chi connectivity index (χ1n) is 10.5. The Morgan fingerprint density at radius 3 is 2.87 bits per heavy atom. The van der Waals surface area contributed by atoms with Crippen LogP contribution in [0, 0.1) is 6.07 Å². The summed E-state index contributed by atoms with van der Waals surface area (Å²) < 4.78 is 7.94. The minimum absolute atomic E-state index is 0.474. The number of aryl methyl sites for hydroxylation is 1. The quantitative estimate of drug-likeness (QED) is 0.391. The van der Waals surface area contributed by atoms with Gasteiger partial charge >= 0.3 is 0 Å². The molecule has 2 aromatic heterocycles. The number of rotatable bonds is 10. The molecule has 4 aromatic rings. The summed E-state index contributed by atoms with van der Waals surface area (Å²) in [7, 11) is 0. The highest BCUT2D eigenvalue weighted by Crippen LogP contribution is 2.29. The Hall–Kier alpha value is -2.96. The zero-order valence-electron chi connectivity index (χ0n) is 17.4. The molecule has 0 fully saturated rings. The molecule has 4 rings (SSSR count). The van der Waals surface area contributed by atoms with Gasteiger partial charge < -0.3 is 20.4 Å². The number of hydrogen-bond donors (Lipinski definition) is 2. The molecule has 0 atom stereocenters. The Bertz CT molecular complexity index is 1110. The van der Waals surface area contributed by atoms with Gasteiger partial charge in [-0.3, -0.25) is 0 Å². The van der Waals surface area contributed by atoms with Crippen molar-refractivity contribution in [3.05, 3.63) is 66.0 Å². The van der Waals surface area contributed by atoms with Crippen molar-refractivity contribution >= 4 is 27.8 Å². The van der Waals surface area contributed by atoms with Crippen molar-refractivity contribution in [3.63, 3.8) is 0 Å². The topological polar surface area (TPSA) is 78.0 Å². The second-order valence-corrected chi connectivity index (χ2v) is 7.32. The predicted octanol–water partition coefficient (Wildman–Crippen LogP) is 4.07. The third-order valence-corrected chi connectivity index (χ3v) is 5.21. The van der Waals surface area contributed by atoms with Crippen molar-refractivity contribution < 1.29 is 4.74 Å². The number of nitrogens with zero attached hydrogens (tertiary/aromatic N) is 3. The fraction of sp³-hybridized carbons (Fsp3) is 0.333. The summed E-state index contributed by atoms with van der Waals surface area (Å²) in [5.74, 6) is 1.38. The van der Waals surface area contributed by atoms with Crippen molar-refractivity contribution in [1.82, 2.24) is 19.9 Å². The molecule has 1 radical (unpaired) electrons. The lowest BCUT2D eigenvalue weighted by molar-refractivity contribution is 0.126. The van der Waals surface area contributed by atoms with E-state index in [2.05, 4.69) is 33.1 Å². The molecule has 155 valence electrons. The molecule has 0 aliphatic heterocycles. The van der Waals surface area contributed by atoms with Crippen LogP contribution in [0.1, 0.15) is 31.2 Å². The fourth-order valence-corrected chi connectivity index (χ4v) is 3.74. The Labute approximate surface area is 177 Å². The van der Waals surface area contributed by atoms with Gasteiger partial charge in [0.15, 0.2) is 5.82 Å². The highest BCUT2D eigenvalue weighted by Gasteiger charge is 2.17. The number of unbranched alkanes of at least 4 members (excludes halogenated alkanes) is 1. The van der Waals surface area contributed by atoms with Crippen molar-refractivity contribution in [3.8, 4) is 0 Å². The van der Waals surface area contributed by atoms with Crippen LogP contribution in [0.5, 0.6) is 0 Å². The van der Waals surface area contributed by atoms with Crippen molar-refractivity contribution in [2.45, 2.75) is 39.5 Å². The van der Waals surface area contributed by atoms with Crippen molar-refractivity contribution in [2.24, 2.45) is 0 Å². The van der Waals surface area contributed by atoms with E-state index in [1.807, 2.05) is 43.3 Å². The van der Waals surface area contributed by atoms with E-state index in [0.717, 1.165) is 60.2 Å². The minimum Gasteiger partial charge on any atom is -0.382 e. The van der Waals surface area contributed by atoms with Gasteiger partial charge in [-0.05, 0) is 50.1 Å². The van der Waals surface area contributed by atoms with E-state index in [1.165, 1.54) is 5.56 Å². The zero-order valence-corrected chi connectivity index (χ0v) is 17.4. The molecule has 0 amide bonds. The van der Waals surface area contributed by atoms with Gasteiger partial charge in [-0.2, -0.15) is 0 Å². The highest BCUT2D eigenvalue weighted by molar-refractivity contribution is 6.06. The number of benzene rings is 2. The van der Waals surface area contributed by atoms with Gasteiger partial charge in [-0.25, -0.2) is 9.97 Å². The second-order valence-electron chi connectivity index (χ2n) is 7.32. The minimum atomic E-state index is 0.474. The zero-order chi connectivity index (χ0) is 20.8. The first kappa shape index (κ1) is 20.3. The number of aromatic nitrogens is 3. The average Bonchev–Trinajstić information content (AvgIpc) is 3.15. The number of imidazole rings is 1. The maximum absolute atomic E-state index is 6.24. The van der Waals surface area contributed by atoms with Crippen LogP contribution >= 0.6 is 0 Å². The Kier molecular flexibility index (Phi) is 6.57. The van der Waals surface area contributed by atoms with Crippen molar-refractivity contribution in [2.75, 3.05) is 18.9 Å². The molecule has 0 saturated carbocycles. The van der Waals surface area contributed by atoms with Crippen LogP contribution < -0.4 is 11.1 Å². The molecular weight excluding hydrogens is 374 g/mol. The molecule has 2 aromatic carbocycles. The lowest BCUT2D eigenvalue weighted by atomic mass is 10.2. The molecule has 30 heavy (non-hydrogen) atoms. The number of anilines is 1. The molecular formula is C24H28N5O.